The molecule has 10 nitrogen and oxygen atoms in total. The van der Waals surface area contributed by atoms with Crippen LogP contribution in [-0.2, 0) is 19.2 Å². The molecular formula is C12H22N4O6S3. The molecule has 4 unspecified atom stereocenters. The van der Waals surface area contributed by atoms with E-state index in [0.717, 1.165) is 0 Å². The first-order valence-corrected chi connectivity index (χ1v) is 8.94. The van der Waals surface area contributed by atoms with E-state index in [1.54, 1.807) is 0 Å². The fourth-order valence-electron chi connectivity index (χ4n) is 1.48. The Bertz CT molecular complexity index is 495. The second-order valence-electron chi connectivity index (χ2n) is 4.86. The van der Waals surface area contributed by atoms with E-state index in [4.69, 9.17) is 15.9 Å². The molecule has 0 rings (SSSR count). The largest absolute Gasteiger partial charge is 0.480 e. The summed E-state index contributed by atoms with van der Waals surface area (Å²) >= 11 is 11.7. The molecule has 0 aliphatic carbocycles. The van der Waals surface area contributed by atoms with Crippen molar-refractivity contribution < 1.29 is 29.4 Å². The van der Waals surface area contributed by atoms with Crippen molar-refractivity contribution in [2.24, 2.45) is 5.73 Å². The second kappa shape index (κ2) is 12.2. The van der Waals surface area contributed by atoms with E-state index in [9.17, 15) is 19.2 Å². The third-order valence-electron chi connectivity index (χ3n) is 2.96. The Hall–Kier alpha value is -1.15. The maximum absolute atomic E-state index is 12.2. The summed E-state index contributed by atoms with van der Waals surface area (Å²) in [6.45, 7) is -0.602. The summed E-state index contributed by atoms with van der Waals surface area (Å²) < 4.78 is 0. The highest BCUT2D eigenvalue weighted by atomic mass is 32.1. The molecule has 0 radical (unpaired) electrons. The molecule has 0 aromatic heterocycles. The van der Waals surface area contributed by atoms with E-state index in [-0.39, 0.29) is 17.3 Å². The molecule has 25 heavy (non-hydrogen) atoms. The van der Waals surface area contributed by atoms with Gasteiger partial charge in [-0.05, 0) is 0 Å². The van der Waals surface area contributed by atoms with Crippen molar-refractivity contribution in [2.75, 3.05) is 23.9 Å². The van der Waals surface area contributed by atoms with Crippen LogP contribution in [0.1, 0.15) is 0 Å². The number of carbonyl (C=O) groups excluding carboxylic acids is 3. The summed E-state index contributed by atoms with van der Waals surface area (Å²) in [4.78, 5) is 46.7. The molecule has 0 saturated heterocycles. The topological polar surface area (TPSA) is 171 Å². The lowest BCUT2D eigenvalue weighted by molar-refractivity contribution is -0.141. The zero-order chi connectivity index (χ0) is 19.6. The lowest BCUT2D eigenvalue weighted by atomic mass is 10.2. The summed E-state index contributed by atoms with van der Waals surface area (Å²) in [5.74, 6) is -3.87. The minimum atomic E-state index is -1.27. The third kappa shape index (κ3) is 8.18. The highest BCUT2D eigenvalue weighted by Gasteiger charge is 2.28. The minimum absolute atomic E-state index is 0.0922. The van der Waals surface area contributed by atoms with Crippen molar-refractivity contribution >= 4 is 61.6 Å². The van der Waals surface area contributed by atoms with Crippen LogP contribution in [0.5, 0.6) is 0 Å². The van der Waals surface area contributed by atoms with E-state index >= 15 is 0 Å². The number of carboxylic acid groups (broad SMARTS) is 1. The number of thiol groups is 3. The molecular weight excluding hydrogens is 392 g/mol. The summed E-state index contributed by atoms with van der Waals surface area (Å²) in [6, 6.07) is -4.67. The quantitative estimate of drug-likeness (QED) is 0.159. The number of aliphatic carboxylic acids is 1. The zero-order valence-corrected chi connectivity index (χ0v) is 15.8. The SMILES string of the molecule is NC(CO)C(=O)NC(CS)C(=O)NC(CS)C(=O)NC(CS)C(=O)O. The van der Waals surface area contributed by atoms with Crippen molar-refractivity contribution in [3.05, 3.63) is 0 Å². The van der Waals surface area contributed by atoms with E-state index in [0.29, 0.717) is 0 Å². The normalized spacial score (nSPS) is 15.4. The Morgan fingerprint density at radius 3 is 1.48 bits per heavy atom. The molecule has 3 amide bonds. The molecule has 0 spiro atoms. The molecule has 0 bridgehead atoms. The van der Waals surface area contributed by atoms with Gasteiger partial charge in [-0.1, -0.05) is 0 Å². The van der Waals surface area contributed by atoms with Crippen LogP contribution in [0.2, 0.25) is 0 Å². The van der Waals surface area contributed by atoms with E-state index in [1.807, 2.05) is 0 Å². The number of rotatable bonds is 11. The number of aliphatic hydroxyl groups excluding tert-OH is 1. The number of hydrogen-bond acceptors (Lipinski definition) is 9. The smallest absolute Gasteiger partial charge is 0.327 e. The van der Waals surface area contributed by atoms with Crippen molar-refractivity contribution in [3.63, 3.8) is 0 Å². The number of hydrogen-bond donors (Lipinski definition) is 9. The molecule has 0 heterocycles. The van der Waals surface area contributed by atoms with Gasteiger partial charge in [-0.3, -0.25) is 14.4 Å². The van der Waals surface area contributed by atoms with Crippen molar-refractivity contribution in [3.8, 4) is 0 Å². The number of carboxylic acids is 1. The molecule has 0 aromatic carbocycles. The van der Waals surface area contributed by atoms with Gasteiger partial charge in [0.15, 0.2) is 0 Å². The number of carbonyl (C=O) groups is 4. The van der Waals surface area contributed by atoms with Gasteiger partial charge in [0.1, 0.15) is 24.2 Å². The van der Waals surface area contributed by atoms with Crippen LogP contribution >= 0.6 is 37.9 Å². The van der Waals surface area contributed by atoms with Gasteiger partial charge in [0, 0.05) is 17.3 Å². The van der Waals surface area contributed by atoms with Gasteiger partial charge < -0.3 is 31.9 Å². The fraction of sp³-hybridized carbons (Fsp3) is 0.667. The van der Waals surface area contributed by atoms with Gasteiger partial charge in [0.2, 0.25) is 17.7 Å². The Kier molecular flexibility index (Phi) is 11.7. The summed E-state index contributed by atoms with van der Waals surface area (Å²) in [7, 11) is 0. The molecule has 13 heteroatoms. The van der Waals surface area contributed by atoms with E-state index in [2.05, 4.69) is 53.8 Å². The average Bonchev–Trinajstić information content (AvgIpc) is 2.59. The third-order valence-corrected chi connectivity index (χ3v) is 4.06. The molecule has 4 atom stereocenters. The molecule has 0 saturated carbocycles. The predicted octanol–water partition coefficient (Wildman–Crippen LogP) is -3.37. The Morgan fingerprint density at radius 2 is 1.16 bits per heavy atom. The first-order valence-electron chi connectivity index (χ1n) is 7.04. The maximum atomic E-state index is 12.2. The molecule has 0 aliphatic rings. The van der Waals surface area contributed by atoms with Crippen LogP contribution in [0.25, 0.3) is 0 Å². The van der Waals surface area contributed by atoms with Crippen molar-refractivity contribution in [2.45, 2.75) is 24.2 Å². The van der Waals surface area contributed by atoms with Gasteiger partial charge in [-0.2, -0.15) is 37.9 Å². The standard InChI is InChI=1S/C12H22N4O6S3/c13-5(1-17)9(18)14-6(2-23)10(19)15-7(3-24)11(20)16-8(4-25)12(21)22/h5-8,17,23-25H,1-4,13H2,(H,14,18)(H,15,19)(H,16,20)(H,21,22). The van der Waals surface area contributed by atoms with Gasteiger partial charge in [0.05, 0.1) is 6.61 Å². The van der Waals surface area contributed by atoms with Crippen LogP contribution in [0, 0.1) is 0 Å². The minimum Gasteiger partial charge on any atom is -0.480 e. The number of nitrogens with one attached hydrogen (secondary N) is 3. The first kappa shape index (κ1) is 23.9. The average molecular weight is 415 g/mol. The van der Waals surface area contributed by atoms with Crippen molar-refractivity contribution in [1.29, 1.82) is 0 Å². The lowest BCUT2D eigenvalue weighted by Crippen LogP contribution is -2.58. The van der Waals surface area contributed by atoms with Gasteiger partial charge in [-0.15, -0.1) is 0 Å². The van der Waals surface area contributed by atoms with Crippen LogP contribution < -0.4 is 21.7 Å². The highest BCUT2D eigenvalue weighted by molar-refractivity contribution is 7.80. The number of aliphatic hydroxyl groups is 1. The Morgan fingerprint density at radius 1 is 0.800 bits per heavy atom. The first-order chi connectivity index (χ1) is 11.7. The van der Waals surface area contributed by atoms with Crippen LogP contribution in [-0.4, -0.2) is 81.9 Å². The second-order valence-corrected chi connectivity index (χ2v) is 5.95. The number of amides is 3. The molecule has 0 aromatic rings. The molecule has 0 aliphatic heterocycles. The Balaban J connectivity index is 4.86. The molecule has 144 valence electrons. The van der Waals surface area contributed by atoms with Gasteiger partial charge >= 0.3 is 5.97 Å². The number of nitrogens with two attached hydrogens (primary N) is 1. The highest BCUT2D eigenvalue weighted by Crippen LogP contribution is 1.97. The monoisotopic (exact) mass is 414 g/mol. The maximum Gasteiger partial charge on any atom is 0.327 e. The van der Waals surface area contributed by atoms with Gasteiger partial charge in [-0.25, -0.2) is 4.79 Å². The van der Waals surface area contributed by atoms with Crippen molar-refractivity contribution in [1.82, 2.24) is 16.0 Å². The van der Waals surface area contributed by atoms with Crippen LogP contribution in [0.15, 0.2) is 0 Å². The lowest BCUT2D eigenvalue weighted by Gasteiger charge is -2.23. The van der Waals surface area contributed by atoms with E-state index < -0.39 is 54.5 Å². The van der Waals surface area contributed by atoms with Crippen LogP contribution in [0.4, 0.5) is 0 Å². The summed E-state index contributed by atoms with van der Waals surface area (Å²) in [5.41, 5.74) is 5.34. The van der Waals surface area contributed by atoms with Crippen LogP contribution in [0.3, 0.4) is 0 Å². The fourth-order valence-corrected chi connectivity index (χ4v) is 2.24. The molecule has 7 N–H and O–H groups in total. The predicted molar refractivity (Wildman–Crippen MR) is 100 cm³/mol. The molecule has 0 fully saturated rings. The zero-order valence-electron chi connectivity index (χ0n) is 13.1. The summed E-state index contributed by atoms with van der Waals surface area (Å²) in [6.07, 6.45) is 0. The Labute approximate surface area is 160 Å². The van der Waals surface area contributed by atoms with E-state index in [1.165, 1.54) is 0 Å². The summed E-state index contributed by atoms with van der Waals surface area (Å²) in [5, 5.41) is 24.5. The van der Waals surface area contributed by atoms with Gasteiger partial charge in [0.25, 0.3) is 0 Å².